The van der Waals surface area contributed by atoms with E-state index in [1.165, 1.54) is 5.56 Å². The molecule has 0 amide bonds. The van der Waals surface area contributed by atoms with Crippen molar-refractivity contribution in [1.82, 2.24) is 9.97 Å². The molecule has 0 unspecified atom stereocenters. The minimum Gasteiger partial charge on any atom is -0.467 e. The van der Waals surface area contributed by atoms with Crippen LogP contribution >= 0.6 is 0 Å². The van der Waals surface area contributed by atoms with Crippen LogP contribution in [0.4, 0.5) is 0 Å². The molecule has 3 heteroatoms. The lowest BCUT2D eigenvalue weighted by Gasteiger charge is -2.08. The fraction of sp³-hybridized carbons (Fsp3) is 0.556. The number of methoxy groups -OCH3 is 1. The molecule has 0 radical (unpaired) electrons. The number of hydrogen-bond donors (Lipinski definition) is 0. The average Bonchev–Trinajstić information content (AvgIpc) is 2.03. The second-order valence-corrected chi connectivity index (χ2v) is 3.05. The number of hydrogen-bond acceptors (Lipinski definition) is 3. The van der Waals surface area contributed by atoms with Gasteiger partial charge in [-0.2, -0.15) is 0 Å². The van der Waals surface area contributed by atoms with Gasteiger partial charge in [0.15, 0.2) is 0 Å². The van der Waals surface area contributed by atoms with Crippen molar-refractivity contribution in [2.75, 3.05) is 7.11 Å². The lowest BCUT2D eigenvalue weighted by atomic mass is 10.0. The quantitative estimate of drug-likeness (QED) is 0.673. The van der Waals surface area contributed by atoms with Crippen molar-refractivity contribution < 1.29 is 4.74 Å². The summed E-state index contributed by atoms with van der Waals surface area (Å²) in [6.45, 7) is 6.22. The fourth-order valence-corrected chi connectivity index (χ4v) is 1.12. The summed E-state index contributed by atoms with van der Waals surface area (Å²) in [6.07, 6.45) is 1.83. The van der Waals surface area contributed by atoms with Crippen molar-refractivity contribution >= 4 is 0 Å². The molecular formula is C9H14N2O. The van der Waals surface area contributed by atoms with E-state index in [9.17, 15) is 0 Å². The van der Waals surface area contributed by atoms with Crippen LogP contribution in [0.5, 0.6) is 6.01 Å². The Kier molecular flexibility index (Phi) is 2.63. The van der Waals surface area contributed by atoms with Gasteiger partial charge in [0.25, 0.3) is 0 Å². The third-order valence-corrected chi connectivity index (χ3v) is 1.80. The maximum atomic E-state index is 4.91. The fourth-order valence-electron chi connectivity index (χ4n) is 1.12. The molecule has 1 heterocycles. The van der Waals surface area contributed by atoms with Gasteiger partial charge in [0.2, 0.25) is 0 Å². The van der Waals surface area contributed by atoms with Crippen LogP contribution in [0.15, 0.2) is 6.20 Å². The highest BCUT2D eigenvalue weighted by Crippen LogP contribution is 2.17. The zero-order valence-electron chi connectivity index (χ0n) is 7.96. The molecule has 0 aromatic carbocycles. The van der Waals surface area contributed by atoms with Gasteiger partial charge >= 0.3 is 6.01 Å². The van der Waals surface area contributed by atoms with E-state index in [1.807, 2.05) is 13.1 Å². The Balaban J connectivity index is 3.03. The van der Waals surface area contributed by atoms with E-state index < -0.39 is 0 Å². The molecule has 1 aromatic heterocycles. The summed E-state index contributed by atoms with van der Waals surface area (Å²) in [5.74, 6) is 0.468. The van der Waals surface area contributed by atoms with Gasteiger partial charge in [0, 0.05) is 11.9 Å². The highest BCUT2D eigenvalue weighted by molar-refractivity contribution is 5.20. The standard InChI is InChI=1S/C9H14N2O/c1-6(2)8-5-10-9(12-4)11-7(8)3/h5-6H,1-4H3. The molecular weight excluding hydrogens is 152 g/mol. The van der Waals surface area contributed by atoms with Crippen molar-refractivity contribution in [3.05, 3.63) is 17.5 Å². The normalized spacial score (nSPS) is 10.4. The molecule has 0 saturated carbocycles. The molecule has 0 aliphatic carbocycles. The molecule has 0 N–H and O–H groups in total. The van der Waals surface area contributed by atoms with E-state index in [2.05, 4.69) is 23.8 Å². The number of ether oxygens (including phenoxy) is 1. The predicted molar refractivity (Wildman–Crippen MR) is 47.4 cm³/mol. The Morgan fingerprint density at radius 2 is 2.08 bits per heavy atom. The van der Waals surface area contributed by atoms with Gasteiger partial charge in [-0.25, -0.2) is 9.97 Å². The molecule has 1 aromatic rings. The van der Waals surface area contributed by atoms with E-state index >= 15 is 0 Å². The largest absolute Gasteiger partial charge is 0.467 e. The molecule has 0 aliphatic rings. The minimum atomic E-state index is 0.442. The molecule has 12 heavy (non-hydrogen) atoms. The molecule has 0 saturated heterocycles. The zero-order valence-corrected chi connectivity index (χ0v) is 7.96. The lowest BCUT2D eigenvalue weighted by molar-refractivity contribution is 0.378. The first kappa shape index (κ1) is 8.97. The summed E-state index contributed by atoms with van der Waals surface area (Å²) in [7, 11) is 1.57. The molecule has 66 valence electrons. The van der Waals surface area contributed by atoms with Crippen molar-refractivity contribution in [1.29, 1.82) is 0 Å². The van der Waals surface area contributed by atoms with Crippen molar-refractivity contribution in [3.8, 4) is 6.01 Å². The maximum absolute atomic E-state index is 4.91. The molecule has 0 aliphatic heterocycles. The second kappa shape index (κ2) is 3.52. The predicted octanol–water partition coefficient (Wildman–Crippen LogP) is 1.92. The van der Waals surface area contributed by atoms with Crippen LogP contribution < -0.4 is 4.74 Å². The highest BCUT2D eigenvalue weighted by Gasteiger charge is 2.05. The number of aromatic nitrogens is 2. The van der Waals surface area contributed by atoms with E-state index in [0.29, 0.717) is 11.9 Å². The third-order valence-electron chi connectivity index (χ3n) is 1.80. The first-order chi connectivity index (χ1) is 5.65. The van der Waals surface area contributed by atoms with Crippen LogP contribution in [0.1, 0.15) is 31.0 Å². The topological polar surface area (TPSA) is 35.0 Å². The Labute approximate surface area is 72.8 Å². The summed E-state index contributed by atoms with van der Waals surface area (Å²) in [4.78, 5) is 8.23. The van der Waals surface area contributed by atoms with Crippen LogP contribution in [-0.4, -0.2) is 17.1 Å². The molecule has 0 fully saturated rings. The maximum Gasteiger partial charge on any atom is 0.316 e. The van der Waals surface area contributed by atoms with Gasteiger partial charge < -0.3 is 4.74 Å². The first-order valence-electron chi connectivity index (χ1n) is 4.02. The molecule has 0 spiro atoms. The van der Waals surface area contributed by atoms with Crippen LogP contribution in [0.25, 0.3) is 0 Å². The summed E-state index contributed by atoms with van der Waals surface area (Å²) in [6, 6.07) is 0.442. The summed E-state index contributed by atoms with van der Waals surface area (Å²) < 4.78 is 4.91. The summed E-state index contributed by atoms with van der Waals surface area (Å²) in [5, 5.41) is 0. The summed E-state index contributed by atoms with van der Waals surface area (Å²) >= 11 is 0. The zero-order chi connectivity index (χ0) is 9.14. The van der Waals surface area contributed by atoms with Crippen LogP contribution in [0, 0.1) is 6.92 Å². The SMILES string of the molecule is COc1ncc(C(C)C)c(C)n1. The average molecular weight is 166 g/mol. The van der Waals surface area contributed by atoms with Crippen molar-refractivity contribution in [3.63, 3.8) is 0 Å². The Morgan fingerprint density at radius 1 is 1.42 bits per heavy atom. The minimum absolute atomic E-state index is 0.442. The second-order valence-electron chi connectivity index (χ2n) is 3.05. The van der Waals surface area contributed by atoms with Gasteiger partial charge in [0.1, 0.15) is 0 Å². The van der Waals surface area contributed by atoms with E-state index in [0.717, 1.165) is 5.69 Å². The Hall–Kier alpha value is -1.12. The third kappa shape index (κ3) is 1.72. The van der Waals surface area contributed by atoms with Gasteiger partial charge in [0.05, 0.1) is 7.11 Å². The summed E-state index contributed by atoms with van der Waals surface area (Å²) in [5.41, 5.74) is 2.17. The highest BCUT2D eigenvalue weighted by atomic mass is 16.5. The lowest BCUT2D eigenvalue weighted by Crippen LogP contribution is -1.99. The van der Waals surface area contributed by atoms with E-state index in [1.54, 1.807) is 7.11 Å². The molecule has 1 rings (SSSR count). The monoisotopic (exact) mass is 166 g/mol. The van der Waals surface area contributed by atoms with Crippen LogP contribution in [0.2, 0.25) is 0 Å². The van der Waals surface area contributed by atoms with E-state index in [4.69, 9.17) is 4.74 Å². The van der Waals surface area contributed by atoms with Crippen molar-refractivity contribution in [2.45, 2.75) is 26.7 Å². The van der Waals surface area contributed by atoms with E-state index in [-0.39, 0.29) is 0 Å². The number of nitrogens with zero attached hydrogens (tertiary/aromatic N) is 2. The Morgan fingerprint density at radius 3 is 2.50 bits per heavy atom. The van der Waals surface area contributed by atoms with Crippen molar-refractivity contribution in [2.24, 2.45) is 0 Å². The van der Waals surface area contributed by atoms with Gasteiger partial charge in [-0.15, -0.1) is 0 Å². The molecule has 3 nitrogen and oxygen atoms in total. The van der Waals surface area contributed by atoms with Crippen LogP contribution in [0.3, 0.4) is 0 Å². The van der Waals surface area contributed by atoms with Gasteiger partial charge in [-0.05, 0) is 18.4 Å². The number of rotatable bonds is 2. The molecule has 0 atom stereocenters. The van der Waals surface area contributed by atoms with Crippen LogP contribution in [-0.2, 0) is 0 Å². The molecule has 0 bridgehead atoms. The Bertz CT molecular complexity index is 271. The van der Waals surface area contributed by atoms with Gasteiger partial charge in [-0.1, -0.05) is 13.8 Å². The smallest absolute Gasteiger partial charge is 0.316 e. The number of aryl methyl sites for hydroxylation is 1. The first-order valence-corrected chi connectivity index (χ1v) is 4.02. The van der Waals surface area contributed by atoms with Gasteiger partial charge in [-0.3, -0.25) is 0 Å².